The fourth-order valence-corrected chi connectivity index (χ4v) is 1.21. The lowest BCUT2D eigenvalue weighted by molar-refractivity contribution is 0.505. The molecule has 0 heterocycles. The monoisotopic (exact) mass is 228 g/mol. The van der Waals surface area contributed by atoms with E-state index >= 15 is 0 Å². The van der Waals surface area contributed by atoms with Crippen molar-refractivity contribution < 1.29 is 0 Å². The number of hydrogen-bond donors (Lipinski definition) is 1. The molecule has 0 radical (unpaired) electrons. The van der Waals surface area contributed by atoms with Gasteiger partial charge in [-0.05, 0) is 45.4 Å². The largest absolute Gasteiger partial charge is 0.356 e. The lowest BCUT2D eigenvalue weighted by Gasteiger charge is -2.04. The van der Waals surface area contributed by atoms with Gasteiger partial charge in [-0.1, -0.05) is 36.4 Å². The molecule has 0 aliphatic heterocycles. The lowest BCUT2D eigenvalue weighted by atomic mass is 10.3. The van der Waals surface area contributed by atoms with Crippen LogP contribution < -0.4 is 5.32 Å². The molecule has 0 aromatic heterocycles. The van der Waals surface area contributed by atoms with Crippen molar-refractivity contribution in [2.45, 2.75) is 0 Å². The molecule has 0 aliphatic carbocycles. The quantitative estimate of drug-likeness (QED) is 0.844. The standard InChI is InChI=1S/C12H11N.C3H9N/c1-3-7-11(8-4-1)13-12-9-5-2-6-10-12;1-4(2)3/h1-10,13H;1-3H3. The van der Waals surface area contributed by atoms with E-state index in [-0.39, 0.29) is 0 Å². The summed E-state index contributed by atoms with van der Waals surface area (Å²) in [6.07, 6.45) is 0. The molecule has 2 nitrogen and oxygen atoms in total. The normalized spacial score (nSPS) is 9.41. The average molecular weight is 228 g/mol. The van der Waals surface area contributed by atoms with Crippen LogP contribution in [0.4, 0.5) is 11.4 Å². The Balaban J connectivity index is 0.000000317. The van der Waals surface area contributed by atoms with Crippen LogP contribution >= 0.6 is 0 Å². The van der Waals surface area contributed by atoms with Crippen LogP contribution in [0.1, 0.15) is 0 Å². The summed E-state index contributed by atoms with van der Waals surface area (Å²) in [6, 6.07) is 20.3. The van der Waals surface area contributed by atoms with E-state index < -0.39 is 0 Å². The van der Waals surface area contributed by atoms with Gasteiger partial charge in [-0.25, -0.2) is 0 Å². The molecule has 0 bridgehead atoms. The van der Waals surface area contributed by atoms with Crippen molar-refractivity contribution in [3.05, 3.63) is 60.7 Å². The van der Waals surface area contributed by atoms with Crippen molar-refractivity contribution in [2.24, 2.45) is 0 Å². The topological polar surface area (TPSA) is 15.3 Å². The number of anilines is 2. The highest BCUT2D eigenvalue weighted by molar-refractivity contribution is 5.58. The van der Waals surface area contributed by atoms with E-state index in [9.17, 15) is 0 Å². The summed E-state index contributed by atoms with van der Waals surface area (Å²) >= 11 is 0. The van der Waals surface area contributed by atoms with Gasteiger partial charge in [0.25, 0.3) is 0 Å². The predicted molar refractivity (Wildman–Crippen MR) is 75.8 cm³/mol. The highest BCUT2D eigenvalue weighted by Crippen LogP contribution is 2.14. The van der Waals surface area contributed by atoms with E-state index in [1.807, 2.05) is 86.7 Å². The Morgan fingerprint density at radius 1 is 0.647 bits per heavy atom. The third-order valence-corrected chi connectivity index (χ3v) is 1.84. The highest BCUT2D eigenvalue weighted by Gasteiger charge is 1.89. The van der Waals surface area contributed by atoms with Gasteiger partial charge in [-0.15, -0.1) is 0 Å². The number of nitrogens with zero attached hydrogens (tertiary/aromatic N) is 1. The van der Waals surface area contributed by atoms with Gasteiger partial charge in [0, 0.05) is 11.4 Å². The van der Waals surface area contributed by atoms with Crippen molar-refractivity contribution >= 4 is 11.4 Å². The first kappa shape index (κ1) is 13.3. The van der Waals surface area contributed by atoms with Crippen LogP contribution in [0.25, 0.3) is 0 Å². The minimum Gasteiger partial charge on any atom is -0.356 e. The van der Waals surface area contributed by atoms with Crippen molar-refractivity contribution in [3.8, 4) is 0 Å². The lowest BCUT2D eigenvalue weighted by Crippen LogP contribution is -1.99. The Hall–Kier alpha value is -1.80. The van der Waals surface area contributed by atoms with Crippen LogP contribution in [-0.4, -0.2) is 26.0 Å². The van der Waals surface area contributed by atoms with Crippen LogP contribution in [-0.2, 0) is 0 Å². The van der Waals surface area contributed by atoms with Crippen LogP contribution in [0, 0.1) is 0 Å². The zero-order valence-electron chi connectivity index (χ0n) is 10.7. The van der Waals surface area contributed by atoms with Crippen molar-refractivity contribution in [3.63, 3.8) is 0 Å². The first-order valence-electron chi connectivity index (χ1n) is 5.66. The first-order valence-corrected chi connectivity index (χ1v) is 5.66. The summed E-state index contributed by atoms with van der Waals surface area (Å²) in [6.45, 7) is 0. The molecule has 0 spiro atoms. The summed E-state index contributed by atoms with van der Waals surface area (Å²) in [5, 5.41) is 3.30. The van der Waals surface area contributed by atoms with E-state index in [4.69, 9.17) is 0 Å². The zero-order chi connectivity index (χ0) is 12.5. The molecule has 0 fully saturated rings. The summed E-state index contributed by atoms with van der Waals surface area (Å²) in [7, 11) is 6.00. The van der Waals surface area contributed by atoms with E-state index in [1.54, 1.807) is 0 Å². The average Bonchev–Trinajstić information content (AvgIpc) is 2.31. The molecule has 2 aromatic rings. The summed E-state index contributed by atoms with van der Waals surface area (Å²) in [4.78, 5) is 2.00. The molecular weight excluding hydrogens is 208 g/mol. The van der Waals surface area contributed by atoms with Gasteiger partial charge >= 0.3 is 0 Å². The van der Waals surface area contributed by atoms with Crippen LogP contribution in [0.5, 0.6) is 0 Å². The fourth-order valence-electron chi connectivity index (χ4n) is 1.21. The molecule has 2 rings (SSSR count). The predicted octanol–water partition coefficient (Wildman–Crippen LogP) is 3.61. The van der Waals surface area contributed by atoms with Crippen molar-refractivity contribution in [2.75, 3.05) is 26.5 Å². The number of hydrogen-bond acceptors (Lipinski definition) is 2. The minimum atomic E-state index is 1.12. The maximum Gasteiger partial charge on any atom is 0.0384 e. The Kier molecular flexibility index (Phi) is 5.83. The molecule has 0 amide bonds. The third-order valence-electron chi connectivity index (χ3n) is 1.84. The SMILES string of the molecule is CN(C)C.c1ccc(Nc2ccccc2)cc1. The van der Waals surface area contributed by atoms with Gasteiger partial charge in [0.2, 0.25) is 0 Å². The molecule has 1 N–H and O–H groups in total. The Bertz CT molecular complexity index is 356. The van der Waals surface area contributed by atoms with E-state index in [2.05, 4.69) is 5.32 Å². The molecule has 0 aliphatic rings. The minimum absolute atomic E-state index is 1.12. The molecular formula is C15H20N2. The number of benzene rings is 2. The second-order valence-corrected chi connectivity index (χ2v) is 4.20. The maximum atomic E-state index is 3.30. The third kappa shape index (κ3) is 6.38. The van der Waals surface area contributed by atoms with E-state index in [0.29, 0.717) is 0 Å². The molecule has 0 atom stereocenters. The Morgan fingerprint density at radius 2 is 0.941 bits per heavy atom. The van der Waals surface area contributed by atoms with Gasteiger partial charge < -0.3 is 10.2 Å². The van der Waals surface area contributed by atoms with Gasteiger partial charge in [0.05, 0.1) is 0 Å². The number of nitrogens with one attached hydrogen (secondary N) is 1. The molecule has 0 saturated carbocycles. The fraction of sp³-hybridized carbons (Fsp3) is 0.200. The van der Waals surface area contributed by atoms with E-state index in [1.165, 1.54) is 0 Å². The Morgan fingerprint density at radius 3 is 1.24 bits per heavy atom. The van der Waals surface area contributed by atoms with Crippen molar-refractivity contribution in [1.82, 2.24) is 4.90 Å². The second-order valence-electron chi connectivity index (χ2n) is 4.20. The molecule has 17 heavy (non-hydrogen) atoms. The zero-order valence-corrected chi connectivity index (χ0v) is 10.7. The smallest absolute Gasteiger partial charge is 0.0384 e. The molecule has 90 valence electrons. The molecule has 2 heteroatoms. The highest BCUT2D eigenvalue weighted by atomic mass is 15.0. The summed E-state index contributed by atoms with van der Waals surface area (Å²) in [5.74, 6) is 0. The van der Waals surface area contributed by atoms with Crippen LogP contribution in [0.2, 0.25) is 0 Å². The van der Waals surface area contributed by atoms with Gasteiger partial charge in [-0.3, -0.25) is 0 Å². The van der Waals surface area contributed by atoms with Crippen LogP contribution in [0.3, 0.4) is 0 Å². The summed E-state index contributed by atoms with van der Waals surface area (Å²) in [5.41, 5.74) is 2.24. The van der Waals surface area contributed by atoms with Crippen LogP contribution in [0.15, 0.2) is 60.7 Å². The molecule has 2 aromatic carbocycles. The second kappa shape index (κ2) is 7.47. The summed E-state index contributed by atoms with van der Waals surface area (Å²) < 4.78 is 0. The van der Waals surface area contributed by atoms with Gasteiger partial charge in [0.1, 0.15) is 0 Å². The number of para-hydroxylation sites is 2. The number of rotatable bonds is 2. The maximum absolute atomic E-state index is 3.30. The molecule has 0 unspecified atom stereocenters. The Labute approximate surface area is 104 Å². The van der Waals surface area contributed by atoms with Gasteiger partial charge in [0.15, 0.2) is 0 Å². The first-order chi connectivity index (χ1) is 8.18. The van der Waals surface area contributed by atoms with Crippen molar-refractivity contribution in [1.29, 1.82) is 0 Å². The van der Waals surface area contributed by atoms with E-state index in [0.717, 1.165) is 11.4 Å². The molecule has 0 saturated heterocycles. The van der Waals surface area contributed by atoms with Gasteiger partial charge in [-0.2, -0.15) is 0 Å².